The molecule has 4 heteroatoms. The molecular weight excluding hydrogens is 233 g/mol. The van der Waals surface area contributed by atoms with E-state index in [1.807, 2.05) is 6.07 Å². The molecule has 15 heavy (non-hydrogen) atoms. The second-order valence-electron chi connectivity index (χ2n) is 2.90. The van der Waals surface area contributed by atoms with Gasteiger partial charge in [-0.2, -0.15) is 5.26 Å². The Balaban J connectivity index is 2.54. The molecule has 0 spiro atoms. The van der Waals surface area contributed by atoms with E-state index in [1.165, 1.54) is 0 Å². The summed E-state index contributed by atoms with van der Waals surface area (Å²) in [5.41, 5.74) is 0.686. The fourth-order valence-corrected chi connectivity index (χ4v) is 1.61. The van der Waals surface area contributed by atoms with E-state index in [-0.39, 0.29) is 5.76 Å². The van der Waals surface area contributed by atoms with Crippen molar-refractivity contribution in [2.45, 2.75) is 0 Å². The fraction of sp³-hybridized carbons (Fsp3) is 0. The van der Waals surface area contributed by atoms with Crippen molar-refractivity contribution in [3.8, 4) is 17.4 Å². The quantitative estimate of drug-likeness (QED) is 0.748. The molecule has 0 aliphatic rings. The maximum Gasteiger partial charge on any atom is 0.204 e. The molecule has 1 aromatic carbocycles. The van der Waals surface area contributed by atoms with E-state index in [4.69, 9.17) is 32.9 Å². The van der Waals surface area contributed by atoms with Gasteiger partial charge in [0.1, 0.15) is 11.8 Å². The van der Waals surface area contributed by atoms with Crippen molar-refractivity contribution in [3.63, 3.8) is 0 Å². The smallest absolute Gasteiger partial charge is 0.204 e. The van der Waals surface area contributed by atoms with E-state index in [2.05, 4.69) is 0 Å². The molecule has 0 radical (unpaired) electrons. The molecule has 0 fully saturated rings. The van der Waals surface area contributed by atoms with Gasteiger partial charge in [0.2, 0.25) is 5.76 Å². The Bertz CT molecular complexity index is 540. The van der Waals surface area contributed by atoms with Crippen LogP contribution in [0.4, 0.5) is 0 Å². The lowest BCUT2D eigenvalue weighted by atomic mass is 10.2. The molecule has 1 aromatic heterocycles. The van der Waals surface area contributed by atoms with E-state index in [0.29, 0.717) is 21.4 Å². The Labute approximate surface area is 96.6 Å². The van der Waals surface area contributed by atoms with Crippen molar-refractivity contribution in [2.75, 3.05) is 0 Å². The highest BCUT2D eigenvalue weighted by Gasteiger charge is 2.08. The van der Waals surface area contributed by atoms with Gasteiger partial charge in [0.05, 0.1) is 5.02 Å². The van der Waals surface area contributed by atoms with Crippen molar-refractivity contribution in [1.29, 1.82) is 5.26 Å². The summed E-state index contributed by atoms with van der Waals surface area (Å²) in [7, 11) is 0. The van der Waals surface area contributed by atoms with Crippen LogP contribution >= 0.6 is 23.2 Å². The van der Waals surface area contributed by atoms with Gasteiger partial charge in [0, 0.05) is 10.6 Å². The third-order valence-corrected chi connectivity index (χ3v) is 2.47. The fourth-order valence-electron chi connectivity index (χ4n) is 1.23. The minimum Gasteiger partial charge on any atom is -0.446 e. The lowest BCUT2D eigenvalue weighted by Gasteiger charge is -2.00. The molecule has 0 atom stereocenters. The largest absolute Gasteiger partial charge is 0.446 e. The second kappa shape index (κ2) is 3.98. The topological polar surface area (TPSA) is 36.9 Å². The number of furan rings is 1. The maximum absolute atomic E-state index is 8.62. The first-order valence-electron chi connectivity index (χ1n) is 4.16. The molecule has 0 aliphatic heterocycles. The summed E-state index contributed by atoms with van der Waals surface area (Å²) in [6, 6.07) is 10.3. The molecule has 0 saturated carbocycles. The molecule has 0 bridgehead atoms. The lowest BCUT2D eigenvalue weighted by Crippen LogP contribution is -1.76. The van der Waals surface area contributed by atoms with Gasteiger partial charge >= 0.3 is 0 Å². The number of halogens is 2. The van der Waals surface area contributed by atoms with Gasteiger partial charge in [-0.05, 0) is 30.3 Å². The SMILES string of the molecule is N#Cc1ccc(-c2cc(Cl)ccc2Cl)o1. The summed E-state index contributed by atoms with van der Waals surface area (Å²) in [6.45, 7) is 0. The number of benzene rings is 1. The normalized spacial score (nSPS) is 9.93. The Hall–Kier alpha value is -1.43. The Kier molecular flexibility index (Phi) is 2.68. The zero-order valence-corrected chi connectivity index (χ0v) is 9.01. The molecule has 2 rings (SSSR count). The molecule has 1 heterocycles. The minimum atomic E-state index is 0.251. The van der Waals surface area contributed by atoms with Crippen LogP contribution in [0.1, 0.15) is 5.76 Å². The van der Waals surface area contributed by atoms with Crippen LogP contribution in [0.3, 0.4) is 0 Å². The van der Waals surface area contributed by atoms with Crippen LogP contribution in [-0.2, 0) is 0 Å². The summed E-state index contributed by atoms with van der Waals surface area (Å²) >= 11 is 11.8. The van der Waals surface area contributed by atoms with Crippen LogP contribution in [0.2, 0.25) is 10.0 Å². The van der Waals surface area contributed by atoms with Crippen LogP contribution in [0, 0.1) is 11.3 Å². The van der Waals surface area contributed by atoms with Crippen LogP contribution < -0.4 is 0 Å². The summed E-state index contributed by atoms with van der Waals surface area (Å²) in [4.78, 5) is 0. The van der Waals surface area contributed by atoms with Gasteiger partial charge in [0.25, 0.3) is 0 Å². The molecule has 2 aromatic rings. The lowest BCUT2D eigenvalue weighted by molar-refractivity contribution is 0.567. The highest BCUT2D eigenvalue weighted by molar-refractivity contribution is 6.35. The average Bonchev–Trinajstić information content (AvgIpc) is 2.70. The van der Waals surface area contributed by atoms with Gasteiger partial charge in [-0.15, -0.1) is 0 Å². The molecule has 0 N–H and O–H groups in total. The van der Waals surface area contributed by atoms with Crippen molar-refractivity contribution < 1.29 is 4.42 Å². The van der Waals surface area contributed by atoms with Crippen LogP contribution in [0.5, 0.6) is 0 Å². The molecule has 74 valence electrons. The van der Waals surface area contributed by atoms with Gasteiger partial charge in [0.15, 0.2) is 0 Å². The predicted octanol–water partition coefficient (Wildman–Crippen LogP) is 4.13. The summed E-state index contributed by atoms with van der Waals surface area (Å²) < 4.78 is 5.25. The standard InChI is InChI=1S/C11H5Cl2NO/c12-7-1-3-10(13)9(5-7)11-4-2-8(6-14)15-11/h1-5H. The predicted molar refractivity (Wildman–Crippen MR) is 58.9 cm³/mol. The van der Waals surface area contributed by atoms with E-state index in [9.17, 15) is 0 Å². The molecule has 2 nitrogen and oxygen atoms in total. The average molecular weight is 238 g/mol. The third-order valence-electron chi connectivity index (χ3n) is 1.91. The number of hydrogen-bond donors (Lipinski definition) is 0. The zero-order valence-electron chi connectivity index (χ0n) is 7.50. The Morgan fingerprint density at radius 3 is 2.60 bits per heavy atom. The maximum atomic E-state index is 8.62. The van der Waals surface area contributed by atoms with Gasteiger partial charge in [-0.1, -0.05) is 23.2 Å². The van der Waals surface area contributed by atoms with Crippen molar-refractivity contribution >= 4 is 23.2 Å². The molecule has 0 amide bonds. The Morgan fingerprint density at radius 2 is 1.93 bits per heavy atom. The molecular formula is C11H5Cl2NO. The van der Waals surface area contributed by atoms with Gasteiger partial charge in [-0.25, -0.2) is 0 Å². The van der Waals surface area contributed by atoms with E-state index >= 15 is 0 Å². The van der Waals surface area contributed by atoms with Gasteiger partial charge < -0.3 is 4.42 Å². The monoisotopic (exact) mass is 237 g/mol. The minimum absolute atomic E-state index is 0.251. The Morgan fingerprint density at radius 1 is 1.13 bits per heavy atom. The summed E-state index contributed by atoms with van der Waals surface area (Å²) in [5, 5.41) is 9.73. The number of rotatable bonds is 1. The zero-order chi connectivity index (χ0) is 10.8. The number of nitriles is 1. The van der Waals surface area contributed by atoms with Crippen molar-refractivity contribution in [3.05, 3.63) is 46.1 Å². The second-order valence-corrected chi connectivity index (χ2v) is 3.74. The van der Waals surface area contributed by atoms with Crippen LogP contribution in [0.25, 0.3) is 11.3 Å². The first-order chi connectivity index (χ1) is 7.20. The van der Waals surface area contributed by atoms with E-state index < -0.39 is 0 Å². The molecule has 0 aliphatic carbocycles. The van der Waals surface area contributed by atoms with E-state index in [1.54, 1.807) is 30.3 Å². The van der Waals surface area contributed by atoms with Crippen molar-refractivity contribution in [2.24, 2.45) is 0 Å². The first kappa shape index (κ1) is 10.1. The first-order valence-corrected chi connectivity index (χ1v) is 4.91. The summed E-state index contributed by atoms with van der Waals surface area (Å²) in [5.74, 6) is 0.792. The third kappa shape index (κ3) is 1.99. The number of hydrogen-bond acceptors (Lipinski definition) is 2. The van der Waals surface area contributed by atoms with E-state index in [0.717, 1.165) is 0 Å². The highest BCUT2D eigenvalue weighted by Crippen LogP contribution is 2.31. The molecule has 0 saturated heterocycles. The van der Waals surface area contributed by atoms with Gasteiger partial charge in [-0.3, -0.25) is 0 Å². The number of nitrogens with zero attached hydrogens (tertiary/aromatic N) is 1. The van der Waals surface area contributed by atoms with Crippen LogP contribution in [-0.4, -0.2) is 0 Å². The highest BCUT2D eigenvalue weighted by atomic mass is 35.5. The molecule has 0 unspecified atom stereocenters. The summed E-state index contributed by atoms with van der Waals surface area (Å²) in [6.07, 6.45) is 0. The van der Waals surface area contributed by atoms with Crippen molar-refractivity contribution in [1.82, 2.24) is 0 Å². The van der Waals surface area contributed by atoms with Crippen LogP contribution in [0.15, 0.2) is 34.7 Å².